The van der Waals surface area contributed by atoms with Gasteiger partial charge in [-0.3, -0.25) is 19.7 Å². The number of carboxylic acids is 2. The van der Waals surface area contributed by atoms with Crippen LogP contribution < -0.4 is 5.32 Å². The molecule has 0 aliphatic heterocycles. The highest BCUT2D eigenvalue weighted by molar-refractivity contribution is 6.31. The third-order valence-corrected chi connectivity index (χ3v) is 4.44. The fourth-order valence-electron chi connectivity index (χ4n) is 3.02. The van der Waals surface area contributed by atoms with Gasteiger partial charge in [0, 0.05) is 11.4 Å². The number of aliphatic carboxylic acids is 2. The summed E-state index contributed by atoms with van der Waals surface area (Å²) in [6.45, 7) is 6.92. The third-order valence-electron chi connectivity index (χ3n) is 4.11. The third kappa shape index (κ3) is 6.98. The number of benzene rings is 1. The van der Waals surface area contributed by atoms with Gasteiger partial charge < -0.3 is 15.3 Å². The Kier molecular flexibility index (Phi) is 11.8. The first-order valence-corrected chi connectivity index (χ1v) is 9.42. The van der Waals surface area contributed by atoms with Crippen molar-refractivity contribution in [3.05, 3.63) is 47.7 Å². The van der Waals surface area contributed by atoms with Gasteiger partial charge in [-0.2, -0.15) is 0 Å². The fraction of sp³-hybridized carbons (Fsp3) is 0.450. The first-order valence-electron chi connectivity index (χ1n) is 9.04. The first kappa shape index (κ1) is 25.6. The minimum atomic E-state index is -1.37. The zero-order valence-corrected chi connectivity index (χ0v) is 16.9. The van der Waals surface area contributed by atoms with Gasteiger partial charge in [0.25, 0.3) is 0 Å². The van der Waals surface area contributed by atoms with Crippen molar-refractivity contribution < 1.29 is 29.7 Å². The summed E-state index contributed by atoms with van der Waals surface area (Å²) in [4.78, 5) is 35.0. The molecule has 156 valence electrons. The van der Waals surface area contributed by atoms with Gasteiger partial charge in [0.15, 0.2) is 5.78 Å². The van der Waals surface area contributed by atoms with Gasteiger partial charge in [0.2, 0.25) is 0 Å². The topological polar surface area (TPSA) is 124 Å². The predicted molar refractivity (Wildman–Crippen MR) is 108 cm³/mol. The Morgan fingerprint density at radius 3 is 2.32 bits per heavy atom. The van der Waals surface area contributed by atoms with Crippen LogP contribution in [0.25, 0.3) is 0 Å². The Labute approximate surface area is 170 Å². The predicted octanol–water partition coefficient (Wildman–Crippen LogP) is 3.91. The highest BCUT2D eigenvalue weighted by atomic mass is 35.5. The minimum absolute atomic E-state index is 0.159. The van der Waals surface area contributed by atoms with E-state index < -0.39 is 29.9 Å². The molecule has 0 amide bonds. The standard InChI is InChI=1S/C16H18ClNO5.C2H4O.C2H6/c17-11-6-2-1-5-10(11)16(8-4-3-7-13(16)19)18-12(15(22)23)9-14(20)21;1-2-3;1-2/h1-2,5-6,12,18H,3-4,7-9H2,(H,20,21)(H,22,23);2-3H,1H2;1-2H3/t12-,16+;;/m0../s1. The Hall–Kier alpha value is -2.38. The quantitative estimate of drug-likeness (QED) is 0.521. The van der Waals surface area contributed by atoms with Crippen molar-refractivity contribution in [2.75, 3.05) is 0 Å². The molecule has 0 spiro atoms. The number of nitrogens with one attached hydrogen (secondary N) is 1. The molecule has 2 atom stereocenters. The molecule has 0 unspecified atom stereocenters. The second-order valence-electron chi connectivity index (χ2n) is 5.83. The van der Waals surface area contributed by atoms with E-state index in [1.807, 2.05) is 13.8 Å². The van der Waals surface area contributed by atoms with Gasteiger partial charge >= 0.3 is 11.9 Å². The van der Waals surface area contributed by atoms with Crippen LogP contribution in [-0.4, -0.2) is 39.1 Å². The largest absolute Gasteiger partial charge is 0.516 e. The molecule has 1 saturated carbocycles. The maximum Gasteiger partial charge on any atom is 0.321 e. The molecule has 1 aromatic rings. The lowest BCUT2D eigenvalue weighted by molar-refractivity contribution is -0.147. The summed E-state index contributed by atoms with van der Waals surface area (Å²) in [6, 6.07) is 5.39. The average molecular weight is 414 g/mol. The van der Waals surface area contributed by atoms with Gasteiger partial charge in [-0.15, -0.1) is 0 Å². The smallest absolute Gasteiger partial charge is 0.321 e. The molecule has 1 fully saturated rings. The monoisotopic (exact) mass is 413 g/mol. The molecule has 1 aromatic carbocycles. The van der Waals surface area contributed by atoms with E-state index in [0.29, 0.717) is 23.4 Å². The SMILES string of the molecule is C=CO.CC.O=C(O)C[C@H](N[C@@]1(c2ccccc2Cl)CCCCC1=O)C(=O)O. The van der Waals surface area contributed by atoms with E-state index in [0.717, 1.165) is 19.1 Å². The molecule has 0 heterocycles. The number of ketones is 1. The molecule has 1 aliphatic carbocycles. The summed E-state index contributed by atoms with van der Waals surface area (Å²) in [7, 11) is 0. The van der Waals surface area contributed by atoms with E-state index in [4.69, 9.17) is 21.8 Å². The van der Waals surface area contributed by atoms with Crippen molar-refractivity contribution >= 4 is 29.3 Å². The summed E-state index contributed by atoms with van der Waals surface area (Å²) < 4.78 is 0. The van der Waals surface area contributed by atoms with Crippen LogP contribution in [0.3, 0.4) is 0 Å². The number of hydrogen-bond donors (Lipinski definition) is 4. The number of Topliss-reactive ketones (excluding diaryl/α,β-unsaturated/α-hetero) is 1. The lowest BCUT2D eigenvalue weighted by atomic mass is 9.75. The Morgan fingerprint density at radius 2 is 1.86 bits per heavy atom. The second kappa shape index (κ2) is 12.9. The van der Waals surface area contributed by atoms with Gasteiger partial charge in [-0.1, -0.05) is 56.6 Å². The van der Waals surface area contributed by atoms with Crippen LogP contribution in [0.15, 0.2) is 37.1 Å². The molecular weight excluding hydrogens is 386 g/mol. The van der Waals surface area contributed by atoms with Crippen LogP contribution in [0, 0.1) is 0 Å². The second-order valence-corrected chi connectivity index (χ2v) is 6.24. The zero-order chi connectivity index (χ0) is 21.7. The molecule has 7 nitrogen and oxygen atoms in total. The van der Waals surface area contributed by atoms with E-state index >= 15 is 0 Å². The molecule has 28 heavy (non-hydrogen) atoms. The van der Waals surface area contributed by atoms with Gasteiger partial charge in [-0.25, -0.2) is 0 Å². The first-order chi connectivity index (χ1) is 13.3. The molecule has 0 saturated heterocycles. The lowest BCUT2D eigenvalue weighted by Gasteiger charge is -2.39. The van der Waals surface area contributed by atoms with Crippen LogP contribution in [0.4, 0.5) is 0 Å². The normalized spacial score (nSPS) is 19.2. The fourth-order valence-corrected chi connectivity index (χ4v) is 3.32. The van der Waals surface area contributed by atoms with Crippen molar-refractivity contribution in [3.8, 4) is 0 Å². The summed E-state index contributed by atoms with van der Waals surface area (Å²) >= 11 is 6.23. The summed E-state index contributed by atoms with van der Waals surface area (Å²) in [5.74, 6) is -2.71. The van der Waals surface area contributed by atoms with E-state index in [1.54, 1.807) is 24.3 Å². The van der Waals surface area contributed by atoms with Crippen LogP contribution in [0.2, 0.25) is 5.02 Å². The van der Waals surface area contributed by atoms with Crippen molar-refractivity contribution in [2.45, 2.75) is 57.5 Å². The highest BCUT2D eigenvalue weighted by Gasteiger charge is 2.45. The van der Waals surface area contributed by atoms with E-state index in [9.17, 15) is 19.5 Å². The van der Waals surface area contributed by atoms with Crippen LogP contribution in [0.1, 0.15) is 51.5 Å². The van der Waals surface area contributed by atoms with Gasteiger partial charge in [0.1, 0.15) is 11.6 Å². The molecule has 0 aromatic heterocycles. The number of halogens is 1. The van der Waals surface area contributed by atoms with E-state index in [2.05, 4.69) is 11.9 Å². The lowest BCUT2D eigenvalue weighted by Crippen LogP contribution is -2.57. The van der Waals surface area contributed by atoms with Crippen LogP contribution in [-0.2, 0) is 19.9 Å². The number of carbonyl (C=O) groups excluding carboxylic acids is 1. The van der Waals surface area contributed by atoms with Gasteiger partial charge in [0.05, 0.1) is 12.7 Å². The molecule has 2 rings (SSSR count). The van der Waals surface area contributed by atoms with Crippen molar-refractivity contribution in [2.24, 2.45) is 0 Å². The summed E-state index contributed by atoms with van der Waals surface area (Å²) in [5, 5.41) is 28.7. The molecule has 1 aliphatic rings. The van der Waals surface area contributed by atoms with E-state index in [-0.39, 0.29) is 5.78 Å². The van der Waals surface area contributed by atoms with E-state index in [1.165, 1.54) is 0 Å². The number of hydrogen-bond acceptors (Lipinski definition) is 5. The molecule has 8 heteroatoms. The van der Waals surface area contributed by atoms with Crippen molar-refractivity contribution in [3.63, 3.8) is 0 Å². The number of carbonyl (C=O) groups is 3. The number of aliphatic hydroxyl groups excluding tert-OH is 1. The Bertz CT molecular complexity index is 678. The molecule has 4 N–H and O–H groups in total. The minimum Gasteiger partial charge on any atom is -0.516 e. The Morgan fingerprint density at radius 1 is 1.29 bits per heavy atom. The van der Waals surface area contributed by atoms with Gasteiger partial charge in [-0.05, 0) is 24.5 Å². The molecule has 0 bridgehead atoms. The highest BCUT2D eigenvalue weighted by Crippen LogP contribution is 2.38. The maximum atomic E-state index is 12.7. The zero-order valence-electron chi connectivity index (χ0n) is 16.2. The maximum absolute atomic E-state index is 12.7. The van der Waals surface area contributed by atoms with Crippen molar-refractivity contribution in [1.29, 1.82) is 0 Å². The number of carboxylic acid groups (broad SMARTS) is 2. The molecular formula is C20H28ClNO6. The van der Waals surface area contributed by atoms with Crippen molar-refractivity contribution in [1.82, 2.24) is 5.32 Å². The summed E-state index contributed by atoms with van der Waals surface area (Å²) in [6.07, 6.45) is 2.28. The van der Waals surface area contributed by atoms with Crippen LogP contribution >= 0.6 is 11.6 Å². The number of aliphatic hydroxyl groups is 1. The summed E-state index contributed by atoms with van der Waals surface area (Å²) in [5.41, 5.74) is -0.752. The number of rotatable bonds is 6. The average Bonchev–Trinajstić information content (AvgIpc) is 2.65. The molecule has 0 radical (unpaired) electrons. The Balaban J connectivity index is 0.00000133. The van der Waals surface area contributed by atoms with Crippen LogP contribution in [0.5, 0.6) is 0 Å².